The van der Waals surface area contributed by atoms with Gasteiger partial charge in [0.2, 0.25) is 5.91 Å². The number of amides is 1. The van der Waals surface area contributed by atoms with Crippen LogP contribution in [0, 0.1) is 11.7 Å². The van der Waals surface area contributed by atoms with E-state index in [0.29, 0.717) is 18.3 Å². The molecule has 1 aliphatic rings. The van der Waals surface area contributed by atoms with Gasteiger partial charge in [-0.1, -0.05) is 6.92 Å². The lowest BCUT2D eigenvalue weighted by Gasteiger charge is -2.11. The maximum atomic E-state index is 13.5. The maximum absolute atomic E-state index is 13.5. The third-order valence-electron chi connectivity index (χ3n) is 3.09. The molecule has 0 saturated heterocycles. The second-order valence-electron chi connectivity index (χ2n) is 5.06. The molecular formula is C14H19FN2O2. The minimum atomic E-state index is -0.424. The van der Waals surface area contributed by atoms with Gasteiger partial charge in [0.25, 0.3) is 0 Å². The highest BCUT2D eigenvalue weighted by atomic mass is 19.1. The van der Waals surface area contributed by atoms with Gasteiger partial charge in [-0.3, -0.25) is 4.79 Å². The minimum Gasteiger partial charge on any atom is -0.493 e. The monoisotopic (exact) mass is 266 g/mol. The van der Waals surface area contributed by atoms with E-state index in [4.69, 9.17) is 10.5 Å². The highest BCUT2D eigenvalue weighted by Crippen LogP contribution is 2.21. The number of carbonyl (C=O) groups excluding carboxylic acids is 1. The summed E-state index contributed by atoms with van der Waals surface area (Å²) in [7, 11) is 0. The third-order valence-corrected chi connectivity index (χ3v) is 3.09. The van der Waals surface area contributed by atoms with Crippen molar-refractivity contribution >= 4 is 5.91 Å². The molecule has 1 aliphatic carbocycles. The van der Waals surface area contributed by atoms with E-state index in [1.807, 2.05) is 0 Å². The molecule has 2 rings (SSSR count). The number of ether oxygens (including phenoxy) is 1. The molecular weight excluding hydrogens is 247 g/mol. The standard InChI is InChI=1S/C14H19FN2O2/c1-9(14(16)18)8-19-13-5-10(4-11(15)6-13)7-17-12-2-3-12/h4-6,9,12,17H,2-3,7-8H2,1H3,(H2,16,18). The van der Waals surface area contributed by atoms with Crippen LogP contribution in [-0.4, -0.2) is 18.6 Å². The molecule has 0 aromatic heterocycles. The van der Waals surface area contributed by atoms with Gasteiger partial charge in [-0.15, -0.1) is 0 Å². The Hall–Kier alpha value is -1.62. The van der Waals surface area contributed by atoms with E-state index in [0.717, 1.165) is 5.56 Å². The molecule has 1 amide bonds. The van der Waals surface area contributed by atoms with E-state index < -0.39 is 11.8 Å². The van der Waals surface area contributed by atoms with Gasteiger partial charge in [0.15, 0.2) is 0 Å². The van der Waals surface area contributed by atoms with Crippen LogP contribution >= 0.6 is 0 Å². The summed E-state index contributed by atoms with van der Waals surface area (Å²) in [5, 5.41) is 3.31. The summed E-state index contributed by atoms with van der Waals surface area (Å²) in [4.78, 5) is 10.9. The van der Waals surface area contributed by atoms with E-state index >= 15 is 0 Å². The summed E-state index contributed by atoms with van der Waals surface area (Å²) >= 11 is 0. The van der Waals surface area contributed by atoms with Gasteiger partial charge in [0.05, 0.1) is 12.5 Å². The van der Waals surface area contributed by atoms with Crippen LogP contribution in [0.4, 0.5) is 4.39 Å². The molecule has 0 radical (unpaired) electrons. The van der Waals surface area contributed by atoms with Crippen LogP contribution in [0.1, 0.15) is 25.3 Å². The summed E-state index contributed by atoms with van der Waals surface area (Å²) in [6, 6.07) is 5.16. The molecule has 1 aromatic carbocycles. The fraction of sp³-hybridized carbons (Fsp3) is 0.500. The van der Waals surface area contributed by atoms with Crippen molar-refractivity contribution in [3.63, 3.8) is 0 Å². The normalized spacial score (nSPS) is 16.1. The number of halogens is 1. The van der Waals surface area contributed by atoms with Crippen LogP contribution in [0.3, 0.4) is 0 Å². The van der Waals surface area contributed by atoms with Crippen LogP contribution in [-0.2, 0) is 11.3 Å². The molecule has 1 fully saturated rings. The average Bonchev–Trinajstić information content (AvgIpc) is 3.16. The average molecular weight is 266 g/mol. The Labute approximate surface area is 112 Å². The number of nitrogens with two attached hydrogens (primary N) is 1. The molecule has 3 N–H and O–H groups in total. The molecule has 4 nitrogen and oxygen atoms in total. The quantitative estimate of drug-likeness (QED) is 0.787. The molecule has 0 bridgehead atoms. The Morgan fingerprint density at radius 2 is 2.26 bits per heavy atom. The summed E-state index contributed by atoms with van der Waals surface area (Å²) < 4.78 is 18.9. The Kier molecular flexibility index (Phi) is 4.37. The fourth-order valence-corrected chi connectivity index (χ4v) is 1.66. The number of carbonyl (C=O) groups is 1. The van der Waals surface area contributed by atoms with E-state index in [9.17, 15) is 9.18 Å². The minimum absolute atomic E-state index is 0.161. The van der Waals surface area contributed by atoms with Crippen LogP contribution in [0.25, 0.3) is 0 Å². The van der Waals surface area contributed by atoms with E-state index in [-0.39, 0.29) is 12.4 Å². The molecule has 0 heterocycles. The second kappa shape index (κ2) is 6.02. The highest BCUT2D eigenvalue weighted by molar-refractivity contribution is 5.76. The van der Waals surface area contributed by atoms with E-state index in [1.54, 1.807) is 13.0 Å². The number of primary amides is 1. The molecule has 0 spiro atoms. The van der Waals surface area contributed by atoms with E-state index in [2.05, 4.69) is 5.32 Å². The number of hydrogen-bond acceptors (Lipinski definition) is 3. The fourth-order valence-electron chi connectivity index (χ4n) is 1.66. The number of hydrogen-bond donors (Lipinski definition) is 2. The summed E-state index contributed by atoms with van der Waals surface area (Å²) in [5.41, 5.74) is 5.99. The third kappa shape index (κ3) is 4.52. The van der Waals surface area contributed by atoms with Crippen molar-refractivity contribution in [1.29, 1.82) is 0 Å². The topological polar surface area (TPSA) is 64.3 Å². The van der Waals surface area contributed by atoms with Gasteiger partial charge >= 0.3 is 0 Å². The van der Waals surface area contributed by atoms with Gasteiger partial charge in [0, 0.05) is 18.7 Å². The van der Waals surface area contributed by atoms with Crippen molar-refractivity contribution in [3.05, 3.63) is 29.6 Å². The van der Waals surface area contributed by atoms with Crippen molar-refractivity contribution in [2.24, 2.45) is 11.7 Å². The first-order valence-corrected chi connectivity index (χ1v) is 6.49. The molecule has 0 aliphatic heterocycles. The molecule has 1 unspecified atom stereocenters. The Morgan fingerprint density at radius 3 is 2.89 bits per heavy atom. The SMILES string of the molecule is CC(COc1cc(F)cc(CNC2CC2)c1)C(N)=O. The first-order valence-electron chi connectivity index (χ1n) is 6.49. The Bertz CT molecular complexity index is 461. The first kappa shape index (κ1) is 13.8. The summed E-state index contributed by atoms with van der Waals surface area (Å²) in [5.74, 6) is -0.721. The number of benzene rings is 1. The molecule has 1 aromatic rings. The maximum Gasteiger partial charge on any atom is 0.223 e. The Morgan fingerprint density at radius 1 is 1.53 bits per heavy atom. The van der Waals surface area contributed by atoms with Crippen LogP contribution < -0.4 is 15.8 Å². The predicted octanol–water partition coefficient (Wildman–Crippen LogP) is 1.58. The highest BCUT2D eigenvalue weighted by Gasteiger charge is 2.20. The number of nitrogens with one attached hydrogen (secondary N) is 1. The number of rotatable bonds is 7. The van der Waals surface area contributed by atoms with Gasteiger partial charge in [0.1, 0.15) is 11.6 Å². The largest absolute Gasteiger partial charge is 0.493 e. The van der Waals surface area contributed by atoms with Crippen molar-refractivity contribution < 1.29 is 13.9 Å². The van der Waals surface area contributed by atoms with Crippen molar-refractivity contribution in [3.8, 4) is 5.75 Å². The van der Waals surface area contributed by atoms with Crippen molar-refractivity contribution in [1.82, 2.24) is 5.32 Å². The molecule has 1 saturated carbocycles. The van der Waals surface area contributed by atoms with Gasteiger partial charge < -0.3 is 15.8 Å². The van der Waals surface area contributed by atoms with Crippen molar-refractivity contribution in [2.75, 3.05) is 6.61 Å². The molecule has 1 atom stereocenters. The van der Waals surface area contributed by atoms with Gasteiger partial charge in [-0.2, -0.15) is 0 Å². The smallest absolute Gasteiger partial charge is 0.223 e. The molecule has 19 heavy (non-hydrogen) atoms. The van der Waals surface area contributed by atoms with Crippen molar-refractivity contribution in [2.45, 2.75) is 32.4 Å². The zero-order chi connectivity index (χ0) is 13.8. The van der Waals surface area contributed by atoms with Crippen LogP contribution in [0.5, 0.6) is 5.75 Å². The molecule has 5 heteroatoms. The Balaban J connectivity index is 1.93. The summed E-state index contributed by atoms with van der Waals surface area (Å²) in [6.45, 7) is 2.47. The first-order chi connectivity index (χ1) is 9.04. The zero-order valence-electron chi connectivity index (χ0n) is 11.0. The molecule has 104 valence electrons. The van der Waals surface area contributed by atoms with Crippen LogP contribution in [0.2, 0.25) is 0 Å². The lowest BCUT2D eigenvalue weighted by atomic mass is 10.2. The lowest BCUT2D eigenvalue weighted by Crippen LogP contribution is -2.25. The van der Waals surface area contributed by atoms with Gasteiger partial charge in [-0.05, 0) is 30.5 Å². The van der Waals surface area contributed by atoms with Crippen LogP contribution in [0.15, 0.2) is 18.2 Å². The zero-order valence-corrected chi connectivity index (χ0v) is 11.0. The lowest BCUT2D eigenvalue weighted by molar-refractivity contribution is -0.122. The predicted molar refractivity (Wildman–Crippen MR) is 70.1 cm³/mol. The van der Waals surface area contributed by atoms with E-state index in [1.165, 1.54) is 25.0 Å². The summed E-state index contributed by atoms with van der Waals surface area (Å²) in [6.07, 6.45) is 2.38. The van der Waals surface area contributed by atoms with Gasteiger partial charge in [-0.25, -0.2) is 4.39 Å². The second-order valence-corrected chi connectivity index (χ2v) is 5.06.